The number of carbonyl (C=O) groups is 1. The number of hydrogen-bond donors (Lipinski definition) is 2. The third kappa shape index (κ3) is 5.14. The number of aromatic nitrogens is 2. The highest BCUT2D eigenvalue weighted by molar-refractivity contribution is 7.89. The summed E-state index contributed by atoms with van der Waals surface area (Å²) in [5.41, 5.74) is 2.31. The molecule has 0 aliphatic heterocycles. The standard InChI is InChI=1S/C27H34N4O3S/c28-35(33,34)22-15-9-12-20(18-22)26-30-23-16-7-8-17-24(23)31(26)25(19-10-3-1-4-11-19)27(32)29-21-13-5-2-6-14-21/h7-9,12,15-19,21,25H,1-6,10-11,13-14H2,(H,29,32)(H2,28,33,34). The van der Waals surface area contributed by atoms with Crippen LogP contribution in [0.5, 0.6) is 0 Å². The van der Waals surface area contributed by atoms with E-state index < -0.39 is 16.1 Å². The highest BCUT2D eigenvalue weighted by atomic mass is 32.2. The molecule has 2 aliphatic carbocycles. The molecule has 3 aromatic rings. The summed E-state index contributed by atoms with van der Waals surface area (Å²) in [5.74, 6) is 0.854. The van der Waals surface area contributed by atoms with E-state index in [1.54, 1.807) is 12.1 Å². The normalized spacial score (nSPS) is 19.0. The lowest BCUT2D eigenvalue weighted by Gasteiger charge is -2.33. The molecule has 1 atom stereocenters. The minimum Gasteiger partial charge on any atom is -0.352 e. The summed E-state index contributed by atoms with van der Waals surface area (Å²) >= 11 is 0. The van der Waals surface area contributed by atoms with Gasteiger partial charge in [0.2, 0.25) is 15.9 Å². The number of carbonyl (C=O) groups excluding carboxylic acids is 1. The Balaban J connectivity index is 1.64. The van der Waals surface area contributed by atoms with Gasteiger partial charge in [-0.25, -0.2) is 18.5 Å². The maximum atomic E-state index is 14.0. The van der Waals surface area contributed by atoms with Crippen LogP contribution < -0.4 is 10.5 Å². The molecule has 0 saturated heterocycles. The number of nitrogens with zero attached hydrogens (tertiary/aromatic N) is 2. The zero-order chi connectivity index (χ0) is 24.4. The van der Waals surface area contributed by atoms with Crippen LogP contribution >= 0.6 is 0 Å². The zero-order valence-corrected chi connectivity index (χ0v) is 20.8. The number of rotatable bonds is 6. The number of fused-ring (bicyclic) bond motifs is 1. The van der Waals surface area contributed by atoms with Gasteiger partial charge in [0.25, 0.3) is 0 Å². The fourth-order valence-corrected chi connectivity index (χ4v) is 6.43. The zero-order valence-electron chi connectivity index (χ0n) is 20.0. The van der Waals surface area contributed by atoms with Gasteiger partial charge in [0.05, 0.1) is 15.9 Å². The molecule has 1 unspecified atom stereocenters. The third-order valence-electron chi connectivity index (χ3n) is 7.61. The fourth-order valence-electron chi connectivity index (χ4n) is 5.87. The van der Waals surface area contributed by atoms with E-state index >= 15 is 0 Å². The molecule has 186 valence electrons. The SMILES string of the molecule is NS(=O)(=O)c1cccc(-c2nc3ccccc3n2C(C(=O)NC2CCCCC2)C2CCCCC2)c1. The molecule has 1 heterocycles. The Labute approximate surface area is 207 Å². The Morgan fingerprint density at radius 1 is 0.943 bits per heavy atom. The van der Waals surface area contributed by atoms with Crippen LogP contribution in [0.25, 0.3) is 22.4 Å². The van der Waals surface area contributed by atoms with Gasteiger partial charge in [-0.05, 0) is 55.9 Å². The largest absolute Gasteiger partial charge is 0.352 e. The number of hydrogen-bond acceptors (Lipinski definition) is 4. The molecule has 0 radical (unpaired) electrons. The lowest BCUT2D eigenvalue weighted by atomic mass is 9.82. The Morgan fingerprint density at radius 2 is 1.63 bits per heavy atom. The molecule has 2 saturated carbocycles. The number of benzene rings is 2. The van der Waals surface area contributed by atoms with Crippen molar-refractivity contribution >= 4 is 27.0 Å². The van der Waals surface area contributed by atoms with Crippen LogP contribution in [0.4, 0.5) is 0 Å². The van der Waals surface area contributed by atoms with Gasteiger partial charge >= 0.3 is 0 Å². The van der Waals surface area contributed by atoms with Gasteiger partial charge in [0.1, 0.15) is 11.9 Å². The summed E-state index contributed by atoms with van der Waals surface area (Å²) in [6.45, 7) is 0. The van der Waals surface area contributed by atoms with Crippen molar-refractivity contribution in [3.63, 3.8) is 0 Å². The average molecular weight is 495 g/mol. The average Bonchev–Trinajstić information content (AvgIpc) is 3.24. The summed E-state index contributed by atoms with van der Waals surface area (Å²) in [6, 6.07) is 14.2. The Kier molecular flexibility index (Phi) is 6.93. The minimum absolute atomic E-state index is 0.0366. The number of primary sulfonamides is 1. The van der Waals surface area contributed by atoms with Crippen molar-refractivity contribution in [3.8, 4) is 11.4 Å². The van der Waals surface area contributed by atoms with Gasteiger partial charge < -0.3 is 9.88 Å². The van der Waals surface area contributed by atoms with E-state index in [4.69, 9.17) is 10.1 Å². The van der Waals surface area contributed by atoms with Crippen LogP contribution in [0.15, 0.2) is 53.4 Å². The molecule has 2 aromatic carbocycles. The predicted octanol–water partition coefficient (Wildman–Crippen LogP) is 4.92. The van der Waals surface area contributed by atoms with Gasteiger partial charge in [-0.2, -0.15) is 0 Å². The Morgan fingerprint density at radius 3 is 2.34 bits per heavy atom. The number of imidazole rings is 1. The van der Waals surface area contributed by atoms with E-state index in [9.17, 15) is 13.2 Å². The van der Waals surface area contributed by atoms with Crippen LogP contribution in [0, 0.1) is 5.92 Å². The second-order valence-corrected chi connectivity index (χ2v) is 11.6. The maximum absolute atomic E-state index is 14.0. The summed E-state index contributed by atoms with van der Waals surface area (Å²) < 4.78 is 26.2. The molecular formula is C27H34N4O3S. The molecule has 0 bridgehead atoms. The second-order valence-electron chi connectivity index (χ2n) is 10.1. The number of sulfonamides is 1. The van der Waals surface area contributed by atoms with Crippen molar-refractivity contribution in [1.29, 1.82) is 0 Å². The number of amides is 1. The van der Waals surface area contributed by atoms with E-state index in [2.05, 4.69) is 9.88 Å². The number of nitrogens with two attached hydrogens (primary N) is 1. The van der Waals surface area contributed by atoms with Crippen LogP contribution in [0.3, 0.4) is 0 Å². The smallest absolute Gasteiger partial charge is 0.243 e. The van der Waals surface area contributed by atoms with E-state index in [0.717, 1.165) is 62.4 Å². The highest BCUT2D eigenvalue weighted by Gasteiger charge is 2.35. The summed E-state index contributed by atoms with van der Waals surface area (Å²) in [4.78, 5) is 18.9. The lowest BCUT2D eigenvalue weighted by Crippen LogP contribution is -2.43. The van der Waals surface area contributed by atoms with Crippen molar-refractivity contribution in [3.05, 3.63) is 48.5 Å². The van der Waals surface area contributed by atoms with Gasteiger partial charge in [-0.1, -0.05) is 62.8 Å². The molecule has 2 aliphatic rings. The van der Waals surface area contributed by atoms with Crippen molar-refractivity contribution < 1.29 is 13.2 Å². The first-order valence-corrected chi connectivity index (χ1v) is 14.4. The van der Waals surface area contributed by atoms with Gasteiger partial charge in [-0.3, -0.25) is 4.79 Å². The molecule has 35 heavy (non-hydrogen) atoms. The molecule has 8 heteroatoms. The molecular weight excluding hydrogens is 460 g/mol. The van der Waals surface area contributed by atoms with Crippen LogP contribution in [0.2, 0.25) is 0 Å². The third-order valence-corrected chi connectivity index (χ3v) is 8.52. The first kappa shape index (κ1) is 24.0. The van der Waals surface area contributed by atoms with Crippen molar-refractivity contribution in [1.82, 2.24) is 14.9 Å². The molecule has 5 rings (SSSR count). The van der Waals surface area contributed by atoms with E-state index in [0.29, 0.717) is 11.4 Å². The summed E-state index contributed by atoms with van der Waals surface area (Å²) in [7, 11) is -3.87. The molecule has 0 spiro atoms. The number of nitrogens with one attached hydrogen (secondary N) is 1. The van der Waals surface area contributed by atoms with Gasteiger partial charge in [-0.15, -0.1) is 0 Å². The van der Waals surface area contributed by atoms with Gasteiger partial charge in [0, 0.05) is 11.6 Å². The van der Waals surface area contributed by atoms with E-state index in [1.165, 1.54) is 18.9 Å². The lowest BCUT2D eigenvalue weighted by molar-refractivity contribution is -0.127. The molecule has 1 amide bonds. The molecule has 1 aromatic heterocycles. The Hall–Kier alpha value is -2.71. The van der Waals surface area contributed by atoms with E-state index in [1.807, 2.05) is 30.3 Å². The first-order valence-electron chi connectivity index (χ1n) is 12.8. The van der Waals surface area contributed by atoms with Crippen LogP contribution in [-0.4, -0.2) is 29.9 Å². The van der Waals surface area contributed by atoms with Crippen molar-refractivity contribution in [2.45, 2.75) is 81.2 Å². The highest BCUT2D eigenvalue weighted by Crippen LogP contribution is 2.39. The van der Waals surface area contributed by atoms with Crippen molar-refractivity contribution in [2.75, 3.05) is 0 Å². The minimum atomic E-state index is -3.87. The summed E-state index contributed by atoms with van der Waals surface area (Å²) in [5, 5.41) is 8.81. The summed E-state index contributed by atoms with van der Waals surface area (Å²) in [6.07, 6.45) is 11.0. The van der Waals surface area contributed by atoms with Crippen molar-refractivity contribution in [2.24, 2.45) is 11.1 Å². The molecule has 3 N–H and O–H groups in total. The topological polar surface area (TPSA) is 107 Å². The van der Waals surface area contributed by atoms with Crippen LogP contribution in [0.1, 0.15) is 70.3 Å². The van der Waals surface area contributed by atoms with E-state index in [-0.39, 0.29) is 22.8 Å². The quantitative estimate of drug-likeness (QED) is 0.507. The Bertz CT molecular complexity index is 1300. The van der Waals surface area contributed by atoms with Crippen LogP contribution in [-0.2, 0) is 14.8 Å². The second kappa shape index (κ2) is 10.1. The molecule has 2 fully saturated rings. The predicted molar refractivity (Wildman–Crippen MR) is 137 cm³/mol. The molecule has 7 nitrogen and oxygen atoms in total. The monoisotopic (exact) mass is 494 g/mol. The maximum Gasteiger partial charge on any atom is 0.243 e. The first-order chi connectivity index (χ1) is 16.9. The fraction of sp³-hybridized carbons (Fsp3) is 0.481. The number of para-hydroxylation sites is 2. The van der Waals surface area contributed by atoms with Gasteiger partial charge in [0.15, 0.2) is 0 Å².